The van der Waals surface area contributed by atoms with E-state index in [1.54, 1.807) is 6.07 Å². The van der Waals surface area contributed by atoms with Gasteiger partial charge in [0.25, 0.3) is 0 Å². The third kappa shape index (κ3) is 5.20. The Labute approximate surface area is 258 Å². The fraction of sp³-hybridized carbons (Fsp3) is 0.350. The van der Waals surface area contributed by atoms with Crippen LogP contribution in [0.15, 0.2) is 103 Å². The van der Waals surface area contributed by atoms with Crippen molar-refractivity contribution in [2.45, 2.75) is 77.4 Å². The third-order valence-corrected chi connectivity index (χ3v) is 15.3. The molecule has 0 aromatic heterocycles. The van der Waals surface area contributed by atoms with Gasteiger partial charge in [-0.2, -0.15) is 0 Å². The predicted octanol–water partition coefficient (Wildman–Crippen LogP) is 8.61. The normalized spacial score (nSPS) is 21.8. The van der Waals surface area contributed by atoms with Gasteiger partial charge in [0.2, 0.25) is 0 Å². The van der Waals surface area contributed by atoms with E-state index in [4.69, 9.17) is 4.74 Å². The molecular weight excluding hydrogens is 544 g/mol. The maximum atomic E-state index is 16.2. The highest BCUT2D eigenvalue weighted by molar-refractivity contribution is 7.13. The van der Waals surface area contributed by atoms with Gasteiger partial charge in [-0.3, -0.25) is 0 Å². The minimum atomic E-state index is -2.99. The van der Waals surface area contributed by atoms with Crippen LogP contribution in [0.3, 0.4) is 0 Å². The zero-order valence-corrected chi connectivity index (χ0v) is 27.7. The zero-order chi connectivity index (χ0) is 30.6. The molecule has 4 aromatic carbocycles. The van der Waals surface area contributed by atoms with E-state index in [0.717, 1.165) is 22.9 Å². The van der Waals surface area contributed by atoms with E-state index in [1.807, 2.05) is 6.07 Å². The zero-order valence-electron chi connectivity index (χ0n) is 26.7. The second-order valence-electron chi connectivity index (χ2n) is 14.7. The number of halogens is 1. The predicted molar refractivity (Wildman–Crippen MR) is 182 cm³/mol. The number of allylic oxidation sites excluding steroid dienone is 1. The molecule has 0 saturated heterocycles. The Hall–Kier alpha value is -3.43. The third-order valence-electron chi connectivity index (χ3n) is 9.66. The number of hydrogen-bond acceptors (Lipinski definition) is 1. The number of rotatable bonds is 5. The number of ether oxygens (including phenoxy) is 1. The van der Waals surface area contributed by atoms with Crippen molar-refractivity contribution in [2.75, 3.05) is 0 Å². The second kappa shape index (κ2) is 10.9. The summed E-state index contributed by atoms with van der Waals surface area (Å²) in [5, 5.41) is 3.69. The van der Waals surface area contributed by atoms with E-state index >= 15 is 4.39 Å². The first-order chi connectivity index (χ1) is 20.4. The summed E-state index contributed by atoms with van der Waals surface area (Å²) >= 11 is 0. The Balaban J connectivity index is 1.75. The van der Waals surface area contributed by atoms with Gasteiger partial charge < -0.3 is 4.74 Å². The summed E-state index contributed by atoms with van der Waals surface area (Å²) in [7, 11) is -2.99. The summed E-state index contributed by atoms with van der Waals surface area (Å²) in [6.07, 6.45) is 5.94. The maximum Gasteiger partial charge on any atom is 0.157 e. The summed E-state index contributed by atoms with van der Waals surface area (Å²) in [5.41, 5.74) is 3.26. The minimum Gasteiger partial charge on any atom is -0.488 e. The molecule has 0 radical (unpaired) electrons. The van der Waals surface area contributed by atoms with Crippen LogP contribution >= 0.6 is 0 Å². The Kier molecular flexibility index (Phi) is 7.53. The van der Waals surface area contributed by atoms with Crippen LogP contribution in [0.5, 0.6) is 5.75 Å². The van der Waals surface area contributed by atoms with Crippen molar-refractivity contribution in [3.63, 3.8) is 0 Å². The van der Waals surface area contributed by atoms with Crippen molar-refractivity contribution in [3.05, 3.63) is 126 Å². The molecule has 6 rings (SSSR count). The lowest BCUT2D eigenvalue weighted by atomic mass is 9.81. The average Bonchev–Trinajstić information content (AvgIpc) is 3.31. The van der Waals surface area contributed by atoms with Gasteiger partial charge in [0.05, 0.1) is 0 Å². The molecule has 1 fully saturated rings. The van der Waals surface area contributed by atoms with Crippen LogP contribution in [-0.4, -0.2) is 13.7 Å². The molecule has 0 bridgehead atoms. The molecule has 43 heavy (non-hydrogen) atoms. The molecule has 3 heteroatoms. The Morgan fingerprint density at radius 1 is 0.767 bits per heavy atom. The second-order valence-corrected chi connectivity index (χ2v) is 18.7. The lowest BCUT2D eigenvalue weighted by molar-refractivity contribution is 0.129. The van der Waals surface area contributed by atoms with Crippen molar-refractivity contribution >= 4 is 29.7 Å². The summed E-state index contributed by atoms with van der Waals surface area (Å²) in [6, 6.07) is 34.6. The van der Waals surface area contributed by atoms with E-state index in [2.05, 4.69) is 146 Å². The van der Waals surface area contributed by atoms with Crippen molar-refractivity contribution in [1.29, 1.82) is 0 Å². The summed E-state index contributed by atoms with van der Waals surface area (Å²) in [6.45, 7) is 15.3. The summed E-state index contributed by atoms with van der Waals surface area (Å²) in [5.74, 6) is 1.87. The molecule has 4 aromatic rings. The van der Waals surface area contributed by atoms with Crippen molar-refractivity contribution in [1.82, 2.24) is 0 Å². The average molecular weight is 589 g/mol. The van der Waals surface area contributed by atoms with Gasteiger partial charge in [0.1, 0.15) is 17.2 Å². The summed E-state index contributed by atoms with van der Waals surface area (Å²) in [4.78, 5) is 0. The van der Waals surface area contributed by atoms with E-state index in [-0.39, 0.29) is 11.2 Å². The van der Waals surface area contributed by atoms with Crippen molar-refractivity contribution in [2.24, 2.45) is 11.8 Å². The SMILES string of the molecule is CC1CC2c3ccccc3C=CC2C1[Si](c1ccccc1)(c1ccccc1)c1cc(F)cc(C(C)(C)C)c1OC(C)(C)C. The molecule has 0 N–H and O–H groups in total. The largest absolute Gasteiger partial charge is 0.488 e. The van der Waals surface area contributed by atoms with Gasteiger partial charge in [0, 0.05) is 5.56 Å². The Morgan fingerprint density at radius 2 is 1.35 bits per heavy atom. The Morgan fingerprint density at radius 3 is 1.93 bits per heavy atom. The van der Waals surface area contributed by atoms with E-state index in [1.165, 1.54) is 21.5 Å². The first kappa shape index (κ1) is 29.6. The topological polar surface area (TPSA) is 9.23 Å². The molecule has 0 amide bonds. The van der Waals surface area contributed by atoms with Crippen LogP contribution in [-0.2, 0) is 5.41 Å². The highest BCUT2D eigenvalue weighted by Crippen LogP contribution is 2.57. The Bertz CT molecular complexity index is 1590. The van der Waals surface area contributed by atoms with Gasteiger partial charge in [0.15, 0.2) is 8.07 Å². The standard InChI is InChI=1S/C40H45FOSi/c1-27-24-34-32-21-15-14-16-28(32)22-23-33(34)38(27)43(30-17-10-8-11-18-30,31-19-12-9-13-20-31)36-26-29(41)25-35(39(2,3)4)37(36)42-40(5,6)7/h8-23,25-27,33-34,38H,24H2,1-7H3. The molecule has 1 saturated carbocycles. The smallest absolute Gasteiger partial charge is 0.157 e. The van der Waals surface area contributed by atoms with Crippen LogP contribution in [0.4, 0.5) is 4.39 Å². The minimum absolute atomic E-state index is 0.184. The molecule has 0 aliphatic heterocycles. The van der Waals surface area contributed by atoms with Gasteiger partial charge in [-0.1, -0.05) is 125 Å². The number of benzene rings is 4. The summed E-state index contributed by atoms with van der Waals surface area (Å²) < 4.78 is 23.2. The number of hydrogen-bond donors (Lipinski definition) is 0. The first-order valence-electron chi connectivity index (χ1n) is 15.8. The lowest BCUT2D eigenvalue weighted by Crippen LogP contribution is -2.71. The first-order valence-corrected chi connectivity index (χ1v) is 17.9. The molecule has 0 spiro atoms. The van der Waals surface area contributed by atoms with E-state index in [9.17, 15) is 0 Å². The fourth-order valence-electron chi connectivity index (χ4n) is 8.16. The van der Waals surface area contributed by atoms with E-state index < -0.39 is 13.7 Å². The van der Waals surface area contributed by atoms with Crippen LogP contribution < -0.4 is 20.3 Å². The van der Waals surface area contributed by atoms with Gasteiger partial charge >= 0.3 is 0 Å². The van der Waals surface area contributed by atoms with Crippen LogP contribution in [0.1, 0.15) is 77.5 Å². The van der Waals surface area contributed by atoms with E-state index in [0.29, 0.717) is 23.3 Å². The highest BCUT2D eigenvalue weighted by Gasteiger charge is 2.58. The molecule has 2 aliphatic carbocycles. The van der Waals surface area contributed by atoms with Crippen molar-refractivity contribution in [3.8, 4) is 5.75 Å². The molecule has 4 atom stereocenters. The molecule has 2 aliphatic rings. The maximum absolute atomic E-state index is 16.2. The van der Waals surface area contributed by atoms with Crippen LogP contribution in [0, 0.1) is 17.7 Å². The van der Waals surface area contributed by atoms with Gasteiger partial charge in [-0.15, -0.1) is 0 Å². The monoisotopic (exact) mass is 588 g/mol. The van der Waals surface area contributed by atoms with Crippen molar-refractivity contribution < 1.29 is 9.13 Å². The quantitative estimate of drug-likeness (QED) is 0.168. The fourth-order valence-corrected chi connectivity index (χ4v) is 14.5. The van der Waals surface area contributed by atoms with Crippen LogP contribution in [0.2, 0.25) is 5.54 Å². The van der Waals surface area contributed by atoms with Crippen LogP contribution in [0.25, 0.3) is 6.08 Å². The van der Waals surface area contributed by atoms with Gasteiger partial charge in [-0.25, -0.2) is 4.39 Å². The molecule has 1 nitrogen and oxygen atoms in total. The molecular formula is C40H45FOSi. The lowest BCUT2D eigenvalue weighted by Gasteiger charge is -2.46. The molecule has 4 unspecified atom stereocenters. The number of fused-ring (bicyclic) bond motifs is 3. The molecule has 0 heterocycles. The molecule has 222 valence electrons. The highest BCUT2D eigenvalue weighted by atomic mass is 28.3. The van der Waals surface area contributed by atoms with Gasteiger partial charge in [-0.05, 0) is 94.7 Å².